The highest BCUT2D eigenvalue weighted by Gasteiger charge is 2.45. The smallest absolute Gasteiger partial charge is 0.166 e. The van der Waals surface area contributed by atoms with Gasteiger partial charge in [0.15, 0.2) is 5.78 Å². The minimum absolute atomic E-state index is 0.0505. The van der Waals surface area contributed by atoms with Crippen molar-refractivity contribution in [1.82, 2.24) is 0 Å². The van der Waals surface area contributed by atoms with E-state index >= 15 is 0 Å². The molecule has 0 radical (unpaired) electrons. The summed E-state index contributed by atoms with van der Waals surface area (Å²) < 4.78 is 13.7. The van der Waals surface area contributed by atoms with Gasteiger partial charge < -0.3 is 0 Å². The van der Waals surface area contributed by atoms with E-state index < -0.39 is 0 Å². The van der Waals surface area contributed by atoms with Crippen molar-refractivity contribution in [3.63, 3.8) is 0 Å². The molecule has 0 heterocycles. The first kappa shape index (κ1) is 13.0. The van der Waals surface area contributed by atoms with Crippen LogP contribution in [0.25, 0.3) is 0 Å². The fraction of sp³-hybridized carbons (Fsp3) is 0.278. The molecule has 2 aromatic carbocycles. The zero-order valence-electron chi connectivity index (χ0n) is 11.5. The fourth-order valence-corrected chi connectivity index (χ4v) is 2.72. The molecule has 2 heteroatoms. The monoisotopic (exact) mass is 268 g/mol. The maximum absolute atomic E-state index is 13.7. The van der Waals surface area contributed by atoms with Crippen molar-refractivity contribution in [2.45, 2.75) is 25.7 Å². The summed E-state index contributed by atoms with van der Waals surface area (Å²) in [6.45, 7) is 2.09. The van der Waals surface area contributed by atoms with Gasteiger partial charge in [-0.2, -0.15) is 0 Å². The van der Waals surface area contributed by atoms with Crippen LogP contribution in [0.1, 0.15) is 40.7 Å². The van der Waals surface area contributed by atoms with E-state index in [1.54, 1.807) is 12.1 Å². The third kappa shape index (κ3) is 2.38. The van der Waals surface area contributed by atoms with Crippen LogP contribution >= 0.6 is 0 Å². The highest BCUT2D eigenvalue weighted by molar-refractivity contribution is 6.00. The molecule has 0 saturated heterocycles. The van der Waals surface area contributed by atoms with Crippen molar-refractivity contribution in [3.05, 3.63) is 71.0 Å². The van der Waals surface area contributed by atoms with Crippen LogP contribution < -0.4 is 0 Å². The van der Waals surface area contributed by atoms with Crippen LogP contribution in [-0.2, 0) is 6.42 Å². The number of carbonyl (C=O) groups excluding carboxylic acids is 1. The molecular weight excluding hydrogens is 251 g/mol. The van der Waals surface area contributed by atoms with Crippen LogP contribution in [0.15, 0.2) is 48.5 Å². The zero-order valence-corrected chi connectivity index (χ0v) is 11.5. The van der Waals surface area contributed by atoms with Crippen LogP contribution in [0, 0.1) is 11.7 Å². The molecule has 0 aliphatic heterocycles. The van der Waals surface area contributed by atoms with Gasteiger partial charge in [-0.15, -0.1) is 0 Å². The van der Waals surface area contributed by atoms with E-state index in [1.807, 2.05) is 30.3 Å². The molecule has 0 bridgehead atoms. The van der Waals surface area contributed by atoms with E-state index in [2.05, 4.69) is 6.92 Å². The summed E-state index contributed by atoms with van der Waals surface area (Å²) in [5.41, 5.74) is 2.64. The highest BCUT2D eigenvalue weighted by Crippen LogP contribution is 2.49. The van der Waals surface area contributed by atoms with Gasteiger partial charge >= 0.3 is 0 Å². The first-order valence-corrected chi connectivity index (χ1v) is 7.08. The van der Waals surface area contributed by atoms with Crippen molar-refractivity contribution in [2.75, 3.05) is 0 Å². The van der Waals surface area contributed by atoms with Crippen molar-refractivity contribution >= 4 is 5.78 Å². The van der Waals surface area contributed by atoms with Gasteiger partial charge in [-0.05, 0) is 36.0 Å². The maximum atomic E-state index is 13.7. The predicted octanol–water partition coefficient (Wildman–Crippen LogP) is 4.37. The summed E-state index contributed by atoms with van der Waals surface area (Å²) >= 11 is 0. The summed E-state index contributed by atoms with van der Waals surface area (Å²) in [4.78, 5) is 12.4. The topological polar surface area (TPSA) is 17.1 Å². The van der Waals surface area contributed by atoms with Crippen molar-refractivity contribution in [2.24, 2.45) is 5.92 Å². The number of halogens is 1. The second-order valence-electron chi connectivity index (χ2n) is 5.38. The number of aryl methyl sites for hydroxylation is 1. The number of hydrogen-bond donors (Lipinski definition) is 0. The summed E-state index contributed by atoms with van der Waals surface area (Å²) in [6.07, 6.45) is 1.73. The van der Waals surface area contributed by atoms with Crippen molar-refractivity contribution in [1.29, 1.82) is 0 Å². The third-order valence-electron chi connectivity index (χ3n) is 4.08. The van der Waals surface area contributed by atoms with Crippen LogP contribution in [0.4, 0.5) is 4.39 Å². The van der Waals surface area contributed by atoms with E-state index in [-0.39, 0.29) is 23.4 Å². The Kier molecular flexibility index (Phi) is 3.39. The molecule has 1 aliphatic carbocycles. The average molecular weight is 268 g/mol. The minimum atomic E-state index is -0.200. The maximum Gasteiger partial charge on any atom is 0.166 e. The number of Topliss-reactive ketones (excluding diaryl/α,β-unsaturated/α-hetero) is 1. The fourth-order valence-electron chi connectivity index (χ4n) is 2.72. The lowest BCUT2D eigenvalue weighted by molar-refractivity contribution is 0.0965. The molecular formula is C18H17FO. The molecule has 0 aromatic heterocycles. The molecule has 1 saturated carbocycles. The Morgan fingerprint density at radius 3 is 2.50 bits per heavy atom. The van der Waals surface area contributed by atoms with E-state index in [9.17, 15) is 9.18 Å². The molecule has 2 aromatic rings. The predicted molar refractivity (Wildman–Crippen MR) is 77.4 cm³/mol. The molecule has 0 N–H and O–H groups in total. The summed E-state index contributed by atoms with van der Waals surface area (Å²) in [6, 6.07) is 14.5. The number of hydrogen-bond acceptors (Lipinski definition) is 1. The van der Waals surface area contributed by atoms with Crippen LogP contribution in [0.3, 0.4) is 0 Å². The molecule has 1 aliphatic rings. The van der Waals surface area contributed by atoms with Crippen molar-refractivity contribution < 1.29 is 9.18 Å². The Hall–Kier alpha value is -1.96. The molecule has 1 fully saturated rings. The lowest BCUT2D eigenvalue weighted by atomic mass is 10.0. The van der Waals surface area contributed by atoms with Crippen molar-refractivity contribution in [3.8, 4) is 0 Å². The van der Waals surface area contributed by atoms with Crippen LogP contribution in [0.2, 0.25) is 0 Å². The molecule has 20 heavy (non-hydrogen) atoms. The van der Waals surface area contributed by atoms with Gasteiger partial charge in [0.25, 0.3) is 0 Å². The molecule has 0 spiro atoms. The van der Waals surface area contributed by atoms with E-state index in [0.29, 0.717) is 5.56 Å². The van der Waals surface area contributed by atoms with E-state index in [0.717, 1.165) is 18.4 Å². The highest BCUT2D eigenvalue weighted by atomic mass is 19.1. The molecule has 1 nitrogen and oxygen atoms in total. The Morgan fingerprint density at radius 2 is 1.85 bits per heavy atom. The molecule has 2 atom stereocenters. The standard InChI is InChI=1S/C18H17FO/c1-2-12-7-9-13(10-8-12)18(20)16-11-15(16)14-5-3-4-6-17(14)19/h3-10,15-16H,2,11H2,1H3. The molecule has 3 rings (SSSR count). The van der Waals surface area contributed by atoms with Crippen LogP contribution in [0.5, 0.6) is 0 Å². The Balaban J connectivity index is 1.75. The lowest BCUT2D eigenvalue weighted by Gasteiger charge is -2.03. The van der Waals surface area contributed by atoms with Gasteiger partial charge in [0.05, 0.1) is 0 Å². The second-order valence-corrected chi connectivity index (χ2v) is 5.38. The lowest BCUT2D eigenvalue weighted by Crippen LogP contribution is -2.03. The SMILES string of the molecule is CCc1ccc(C(=O)C2CC2c2ccccc2F)cc1. The average Bonchev–Trinajstić information content (AvgIpc) is 3.27. The molecule has 102 valence electrons. The number of carbonyl (C=O) groups is 1. The summed E-state index contributed by atoms with van der Waals surface area (Å²) in [5.74, 6) is -0.0658. The van der Waals surface area contributed by atoms with E-state index in [1.165, 1.54) is 11.6 Å². The molecule has 2 unspecified atom stereocenters. The normalized spacial score (nSPS) is 20.7. The Morgan fingerprint density at radius 1 is 1.15 bits per heavy atom. The summed E-state index contributed by atoms with van der Waals surface area (Å²) in [5, 5.41) is 0. The zero-order chi connectivity index (χ0) is 14.1. The van der Waals surface area contributed by atoms with Gasteiger partial charge in [0.2, 0.25) is 0 Å². The Labute approximate surface area is 118 Å². The Bertz CT molecular complexity index is 630. The van der Waals surface area contributed by atoms with Crippen LogP contribution in [-0.4, -0.2) is 5.78 Å². The van der Waals surface area contributed by atoms with Gasteiger partial charge in [-0.1, -0.05) is 49.4 Å². The quantitative estimate of drug-likeness (QED) is 0.752. The second kappa shape index (κ2) is 5.20. The number of rotatable bonds is 4. The van der Waals surface area contributed by atoms with Gasteiger partial charge in [0, 0.05) is 11.5 Å². The first-order valence-electron chi connectivity index (χ1n) is 7.08. The van der Waals surface area contributed by atoms with Gasteiger partial charge in [-0.25, -0.2) is 4.39 Å². The first-order chi connectivity index (χ1) is 9.70. The number of benzene rings is 2. The van der Waals surface area contributed by atoms with Gasteiger partial charge in [-0.3, -0.25) is 4.79 Å². The number of ketones is 1. The summed E-state index contributed by atoms with van der Waals surface area (Å²) in [7, 11) is 0. The minimum Gasteiger partial charge on any atom is -0.294 e. The largest absolute Gasteiger partial charge is 0.294 e. The third-order valence-corrected chi connectivity index (χ3v) is 4.08. The molecule has 0 amide bonds. The van der Waals surface area contributed by atoms with Gasteiger partial charge in [0.1, 0.15) is 5.82 Å². The van der Waals surface area contributed by atoms with E-state index in [4.69, 9.17) is 0 Å².